The van der Waals surface area contributed by atoms with Gasteiger partial charge in [0.1, 0.15) is 5.75 Å². The maximum atomic E-state index is 12.5. The zero-order valence-corrected chi connectivity index (χ0v) is 16.6. The molecule has 0 aliphatic rings. The zero-order valence-electron chi connectivity index (χ0n) is 15.9. The van der Waals surface area contributed by atoms with Gasteiger partial charge in [0.25, 0.3) is 5.91 Å². The molecule has 0 saturated heterocycles. The Labute approximate surface area is 174 Å². The minimum Gasteiger partial charge on any atom is -0.481 e. The van der Waals surface area contributed by atoms with Crippen LogP contribution >= 0.6 is 11.6 Å². The van der Waals surface area contributed by atoms with Crippen LogP contribution in [0.4, 0.5) is 5.69 Å². The standard InChI is InChI=1S/C23H21ClN2O3/c1-15(23(28)26-20-10-7-17(8-11-20)22(25)27)29-21-12-9-19(24)14-18(21)13-16-5-3-2-4-6-16/h2-12,14-15H,13H2,1H3,(H2,25,27)(H,26,28). The van der Waals surface area contributed by atoms with Crippen LogP contribution in [0.5, 0.6) is 5.75 Å². The topological polar surface area (TPSA) is 81.4 Å². The van der Waals surface area contributed by atoms with Gasteiger partial charge in [-0.25, -0.2) is 0 Å². The first-order valence-electron chi connectivity index (χ1n) is 9.12. The largest absolute Gasteiger partial charge is 0.481 e. The van der Waals surface area contributed by atoms with Gasteiger partial charge in [0.2, 0.25) is 5.91 Å². The van der Waals surface area contributed by atoms with Gasteiger partial charge < -0.3 is 15.8 Å². The van der Waals surface area contributed by atoms with Crippen LogP contribution in [0.3, 0.4) is 0 Å². The summed E-state index contributed by atoms with van der Waals surface area (Å²) in [5.74, 6) is -0.226. The van der Waals surface area contributed by atoms with Crippen molar-refractivity contribution in [2.24, 2.45) is 5.73 Å². The highest BCUT2D eigenvalue weighted by Gasteiger charge is 2.17. The lowest BCUT2D eigenvalue weighted by Crippen LogP contribution is -2.30. The highest BCUT2D eigenvalue weighted by atomic mass is 35.5. The number of carbonyl (C=O) groups excluding carboxylic acids is 2. The molecule has 0 spiro atoms. The number of hydrogen-bond acceptors (Lipinski definition) is 3. The summed E-state index contributed by atoms with van der Waals surface area (Å²) in [6, 6.07) is 21.7. The number of ether oxygens (including phenoxy) is 1. The molecule has 0 saturated carbocycles. The fourth-order valence-electron chi connectivity index (χ4n) is 2.82. The molecule has 148 valence electrons. The van der Waals surface area contributed by atoms with E-state index in [0.717, 1.165) is 11.1 Å². The highest BCUT2D eigenvalue weighted by molar-refractivity contribution is 6.30. The molecule has 1 unspecified atom stereocenters. The van der Waals surface area contributed by atoms with Crippen molar-refractivity contribution >= 4 is 29.1 Å². The van der Waals surface area contributed by atoms with E-state index in [0.29, 0.717) is 28.4 Å². The Balaban J connectivity index is 1.70. The van der Waals surface area contributed by atoms with Crippen LogP contribution in [0.1, 0.15) is 28.4 Å². The van der Waals surface area contributed by atoms with E-state index in [9.17, 15) is 9.59 Å². The van der Waals surface area contributed by atoms with Crippen LogP contribution in [0.2, 0.25) is 5.02 Å². The number of nitrogens with two attached hydrogens (primary N) is 1. The number of halogens is 1. The first-order valence-corrected chi connectivity index (χ1v) is 9.50. The van der Waals surface area contributed by atoms with E-state index in [-0.39, 0.29) is 5.91 Å². The molecular formula is C23H21ClN2O3. The van der Waals surface area contributed by atoms with E-state index in [1.165, 1.54) is 0 Å². The second kappa shape index (κ2) is 9.26. The Morgan fingerprint density at radius 2 is 1.72 bits per heavy atom. The number of rotatable bonds is 7. The van der Waals surface area contributed by atoms with Crippen molar-refractivity contribution in [1.82, 2.24) is 0 Å². The van der Waals surface area contributed by atoms with E-state index in [2.05, 4.69) is 5.32 Å². The SMILES string of the molecule is CC(Oc1ccc(Cl)cc1Cc1ccccc1)C(=O)Nc1ccc(C(N)=O)cc1. The summed E-state index contributed by atoms with van der Waals surface area (Å²) in [7, 11) is 0. The van der Waals surface area contributed by atoms with Crippen molar-refractivity contribution in [3.05, 3.63) is 94.5 Å². The Morgan fingerprint density at radius 3 is 2.38 bits per heavy atom. The number of amides is 2. The molecule has 0 radical (unpaired) electrons. The van der Waals surface area contributed by atoms with Crippen molar-refractivity contribution in [1.29, 1.82) is 0 Å². The Bertz CT molecular complexity index is 1000. The molecule has 6 heteroatoms. The summed E-state index contributed by atoms with van der Waals surface area (Å²) in [5.41, 5.74) is 8.16. The maximum Gasteiger partial charge on any atom is 0.265 e. The number of nitrogens with one attached hydrogen (secondary N) is 1. The molecule has 0 aromatic heterocycles. The van der Waals surface area contributed by atoms with Crippen LogP contribution < -0.4 is 15.8 Å². The lowest BCUT2D eigenvalue weighted by molar-refractivity contribution is -0.122. The average Bonchev–Trinajstić information content (AvgIpc) is 2.71. The number of anilines is 1. The van der Waals surface area contributed by atoms with Gasteiger partial charge in [-0.05, 0) is 55.0 Å². The third kappa shape index (κ3) is 5.59. The van der Waals surface area contributed by atoms with Crippen LogP contribution in [0.25, 0.3) is 0 Å². The monoisotopic (exact) mass is 408 g/mol. The van der Waals surface area contributed by atoms with Gasteiger partial charge in [-0.3, -0.25) is 9.59 Å². The minimum absolute atomic E-state index is 0.308. The molecule has 3 aromatic carbocycles. The molecule has 2 amide bonds. The van der Waals surface area contributed by atoms with Crippen molar-refractivity contribution in [2.75, 3.05) is 5.32 Å². The summed E-state index contributed by atoms with van der Waals surface area (Å²) in [6.45, 7) is 1.67. The van der Waals surface area contributed by atoms with Gasteiger partial charge in [-0.15, -0.1) is 0 Å². The number of carbonyl (C=O) groups is 2. The lowest BCUT2D eigenvalue weighted by Gasteiger charge is -2.18. The number of hydrogen-bond donors (Lipinski definition) is 2. The Hall–Kier alpha value is -3.31. The number of primary amides is 1. The van der Waals surface area contributed by atoms with Gasteiger partial charge in [0, 0.05) is 28.3 Å². The van der Waals surface area contributed by atoms with Crippen LogP contribution in [0, 0.1) is 0 Å². The first kappa shape index (κ1) is 20.4. The third-order valence-electron chi connectivity index (χ3n) is 4.37. The molecular weight excluding hydrogens is 388 g/mol. The van der Waals surface area contributed by atoms with Crippen molar-refractivity contribution in [3.8, 4) is 5.75 Å². The molecule has 3 N–H and O–H groups in total. The summed E-state index contributed by atoms with van der Waals surface area (Å²) >= 11 is 6.16. The lowest BCUT2D eigenvalue weighted by atomic mass is 10.0. The van der Waals surface area contributed by atoms with E-state index in [4.69, 9.17) is 22.1 Å². The molecule has 0 aliphatic heterocycles. The van der Waals surface area contributed by atoms with Gasteiger partial charge in [0.15, 0.2) is 6.10 Å². The molecule has 0 fully saturated rings. The molecule has 5 nitrogen and oxygen atoms in total. The predicted molar refractivity (Wildman–Crippen MR) is 114 cm³/mol. The minimum atomic E-state index is -0.735. The average molecular weight is 409 g/mol. The smallest absolute Gasteiger partial charge is 0.265 e. The molecule has 0 heterocycles. The fraction of sp³-hybridized carbons (Fsp3) is 0.130. The van der Waals surface area contributed by atoms with Gasteiger partial charge >= 0.3 is 0 Å². The highest BCUT2D eigenvalue weighted by Crippen LogP contribution is 2.26. The molecule has 0 aliphatic carbocycles. The van der Waals surface area contributed by atoms with E-state index < -0.39 is 12.0 Å². The second-order valence-electron chi connectivity index (χ2n) is 6.61. The predicted octanol–water partition coefficient (Wildman–Crippen LogP) is 4.44. The summed E-state index contributed by atoms with van der Waals surface area (Å²) < 4.78 is 5.92. The summed E-state index contributed by atoms with van der Waals surface area (Å²) in [5, 5.41) is 3.37. The van der Waals surface area contributed by atoms with E-state index >= 15 is 0 Å². The summed E-state index contributed by atoms with van der Waals surface area (Å²) in [4.78, 5) is 23.7. The second-order valence-corrected chi connectivity index (χ2v) is 7.04. The zero-order chi connectivity index (χ0) is 20.8. The van der Waals surface area contributed by atoms with E-state index in [1.807, 2.05) is 36.4 Å². The first-order chi connectivity index (χ1) is 13.9. The van der Waals surface area contributed by atoms with Crippen molar-refractivity contribution in [2.45, 2.75) is 19.4 Å². The van der Waals surface area contributed by atoms with Crippen molar-refractivity contribution < 1.29 is 14.3 Å². The molecule has 0 bridgehead atoms. The summed E-state index contributed by atoms with van der Waals surface area (Å²) in [6.07, 6.45) is -0.0962. The molecule has 29 heavy (non-hydrogen) atoms. The van der Waals surface area contributed by atoms with Crippen molar-refractivity contribution in [3.63, 3.8) is 0 Å². The maximum absolute atomic E-state index is 12.5. The van der Waals surface area contributed by atoms with Gasteiger partial charge in [-0.2, -0.15) is 0 Å². The normalized spacial score (nSPS) is 11.5. The van der Waals surface area contributed by atoms with Gasteiger partial charge in [0.05, 0.1) is 0 Å². The Kier molecular flexibility index (Phi) is 6.52. The molecule has 3 aromatic rings. The molecule has 1 atom stereocenters. The number of benzene rings is 3. The van der Waals surface area contributed by atoms with Crippen LogP contribution in [0.15, 0.2) is 72.8 Å². The fourth-order valence-corrected chi connectivity index (χ4v) is 3.02. The van der Waals surface area contributed by atoms with Crippen LogP contribution in [-0.2, 0) is 11.2 Å². The quantitative estimate of drug-likeness (QED) is 0.606. The van der Waals surface area contributed by atoms with E-state index in [1.54, 1.807) is 43.3 Å². The Morgan fingerprint density at radius 1 is 1.03 bits per heavy atom. The third-order valence-corrected chi connectivity index (χ3v) is 4.60. The van der Waals surface area contributed by atoms with Gasteiger partial charge in [-0.1, -0.05) is 41.9 Å². The van der Waals surface area contributed by atoms with Crippen LogP contribution in [-0.4, -0.2) is 17.9 Å². The molecule has 3 rings (SSSR count).